The third-order valence-corrected chi connectivity index (χ3v) is 4.30. The Morgan fingerprint density at radius 1 is 1.39 bits per heavy atom. The third kappa shape index (κ3) is 2.98. The SMILES string of the molecule is Cc1ccnc([C@H]2CCN(C(=O)c3c(C(C)C)noc3C)C2)n1. The molecule has 0 bridgehead atoms. The first-order chi connectivity index (χ1) is 11.0. The van der Waals surface area contributed by atoms with E-state index in [-0.39, 0.29) is 17.7 Å². The number of rotatable bonds is 3. The quantitative estimate of drug-likeness (QED) is 0.871. The molecule has 1 saturated heterocycles. The summed E-state index contributed by atoms with van der Waals surface area (Å²) in [5, 5.41) is 4.05. The predicted octanol–water partition coefficient (Wildman–Crippen LogP) is 2.83. The Morgan fingerprint density at radius 2 is 2.17 bits per heavy atom. The van der Waals surface area contributed by atoms with Crippen LogP contribution in [-0.2, 0) is 0 Å². The molecule has 0 saturated carbocycles. The van der Waals surface area contributed by atoms with Crippen LogP contribution in [0, 0.1) is 13.8 Å². The topological polar surface area (TPSA) is 72.1 Å². The number of hydrogen-bond donors (Lipinski definition) is 0. The minimum absolute atomic E-state index is 0.00241. The Morgan fingerprint density at radius 3 is 2.87 bits per heavy atom. The first-order valence-corrected chi connectivity index (χ1v) is 8.02. The van der Waals surface area contributed by atoms with Crippen LogP contribution in [0.2, 0.25) is 0 Å². The molecule has 1 aliphatic heterocycles. The maximum Gasteiger partial charge on any atom is 0.259 e. The van der Waals surface area contributed by atoms with E-state index in [0.29, 0.717) is 24.4 Å². The number of likely N-dealkylation sites (tertiary alicyclic amines) is 1. The van der Waals surface area contributed by atoms with Gasteiger partial charge in [0.1, 0.15) is 17.1 Å². The molecule has 0 aliphatic carbocycles. The van der Waals surface area contributed by atoms with E-state index in [9.17, 15) is 4.79 Å². The van der Waals surface area contributed by atoms with Crippen molar-refractivity contribution in [2.24, 2.45) is 0 Å². The number of hydrogen-bond acceptors (Lipinski definition) is 5. The van der Waals surface area contributed by atoms with Crippen molar-refractivity contribution in [2.45, 2.75) is 46.0 Å². The average molecular weight is 314 g/mol. The van der Waals surface area contributed by atoms with Crippen molar-refractivity contribution in [1.29, 1.82) is 0 Å². The molecular formula is C17H22N4O2. The van der Waals surface area contributed by atoms with Gasteiger partial charge in [0.2, 0.25) is 0 Å². The second kappa shape index (κ2) is 6.10. The zero-order chi connectivity index (χ0) is 16.6. The number of carbonyl (C=O) groups is 1. The lowest BCUT2D eigenvalue weighted by Gasteiger charge is -2.17. The van der Waals surface area contributed by atoms with Gasteiger partial charge in [-0.2, -0.15) is 0 Å². The average Bonchev–Trinajstić information content (AvgIpc) is 3.13. The fraction of sp³-hybridized carbons (Fsp3) is 0.529. The van der Waals surface area contributed by atoms with E-state index in [1.165, 1.54) is 0 Å². The zero-order valence-electron chi connectivity index (χ0n) is 14.0. The highest BCUT2D eigenvalue weighted by atomic mass is 16.5. The first-order valence-electron chi connectivity index (χ1n) is 8.02. The van der Waals surface area contributed by atoms with E-state index in [0.717, 1.165) is 23.6 Å². The lowest BCUT2D eigenvalue weighted by Crippen LogP contribution is -2.29. The Balaban J connectivity index is 1.79. The molecule has 3 heterocycles. The van der Waals surface area contributed by atoms with Gasteiger partial charge in [0.05, 0.1) is 5.69 Å². The lowest BCUT2D eigenvalue weighted by molar-refractivity contribution is 0.0787. The van der Waals surface area contributed by atoms with E-state index in [1.807, 2.05) is 31.7 Å². The minimum Gasteiger partial charge on any atom is -0.361 e. The highest BCUT2D eigenvalue weighted by molar-refractivity contribution is 5.96. The van der Waals surface area contributed by atoms with Crippen molar-refractivity contribution in [3.8, 4) is 0 Å². The fourth-order valence-electron chi connectivity index (χ4n) is 3.02. The largest absolute Gasteiger partial charge is 0.361 e. The molecule has 0 N–H and O–H groups in total. The van der Waals surface area contributed by atoms with Gasteiger partial charge in [0, 0.05) is 30.9 Å². The van der Waals surface area contributed by atoms with Crippen molar-refractivity contribution in [2.75, 3.05) is 13.1 Å². The molecule has 0 spiro atoms. The Kier molecular flexibility index (Phi) is 4.15. The summed E-state index contributed by atoms with van der Waals surface area (Å²) in [6, 6.07) is 1.89. The molecule has 1 aliphatic rings. The zero-order valence-corrected chi connectivity index (χ0v) is 14.0. The summed E-state index contributed by atoms with van der Waals surface area (Å²) in [4.78, 5) is 23.6. The van der Waals surface area contributed by atoms with Gasteiger partial charge in [0.15, 0.2) is 0 Å². The summed E-state index contributed by atoms with van der Waals surface area (Å²) >= 11 is 0. The Bertz CT molecular complexity index is 723. The van der Waals surface area contributed by atoms with Crippen LogP contribution in [0.15, 0.2) is 16.8 Å². The molecule has 0 radical (unpaired) electrons. The van der Waals surface area contributed by atoms with Gasteiger partial charge >= 0.3 is 0 Å². The second-order valence-electron chi connectivity index (χ2n) is 6.45. The number of aryl methyl sites for hydroxylation is 2. The number of aromatic nitrogens is 3. The molecule has 1 amide bonds. The maximum atomic E-state index is 12.9. The van der Waals surface area contributed by atoms with Gasteiger partial charge < -0.3 is 9.42 Å². The number of amides is 1. The van der Waals surface area contributed by atoms with E-state index in [4.69, 9.17) is 4.52 Å². The Labute approximate surface area is 135 Å². The molecule has 23 heavy (non-hydrogen) atoms. The fourth-order valence-corrected chi connectivity index (χ4v) is 3.02. The van der Waals surface area contributed by atoms with Gasteiger partial charge in [-0.1, -0.05) is 19.0 Å². The summed E-state index contributed by atoms with van der Waals surface area (Å²) < 4.78 is 5.24. The van der Waals surface area contributed by atoms with Gasteiger partial charge in [-0.25, -0.2) is 9.97 Å². The van der Waals surface area contributed by atoms with Crippen molar-refractivity contribution in [3.05, 3.63) is 40.8 Å². The molecule has 6 heteroatoms. The van der Waals surface area contributed by atoms with Crippen LogP contribution in [0.25, 0.3) is 0 Å². The molecule has 6 nitrogen and oxygen atoms in total. The van der Waals surface area contributed by atoms with E-state index >= 15 is 0 Å². The molecule has 2 aromatic heterocycles. The van der Waals surface area contributed by atoms with Crippen LogP contribution in [0.4, 0.5) is 0 Å². The summed E-state index contributed by atoms with van der Waals surface area (Å²) in [6.45, 7) is 9.14. The maximum absolute atomic E-state index is 12.9. The standard InChI is InChI=1S/C17H22N4O2/c1-10(2)15-14(12(4)23-20-15)17(22)21-8-6-13(9-21)16-18-7-5-11(3)19-16/h5,7,10,13H,6,8-9H2,1-4H3/t13-/m0/s1. The number of carbonyl (C=O) groups excluding carboxylic acids is 1. The number of nitrogens with zero attached hydrogens (tertiary/aromatic N) is 4. The van der Waals surface area contributed by atoms with Gasteiger partial charge in [0.25, 0.3) is 5.91 Å². The van der Waals surface area contributed by atoms with Crippen LogP contribution in [0.5, 0.6) is 0 Å². The second-order valence-corrected chi connectivity index (χ2v) is 6.45. The molecule has 0 unspecified atom stereocenters. The molecule has 1 atom stereocenters. The summed E-state index contributed by atoms with van der Waals surface area (Å²) in [5.41, 5.74) is 2.31. The van der Waals surface area contributed by atoms with E-state index < -0.39 is 0 Å². The van der Waals surface area contributed by atoms with Gasteiger partial charge in [-0.05, 0) is 32.3 Å². The van der Waals surface area contributed by atoms with Crippen LogP contribution in [0.3, 0.4) is 0 Å². The normalized spacial score (nSPS) is 18.0. The minimum atomic E-state index is 0.00241. The highest BCUT2D eigenvalue weighted by Crippen LogP contribution is 2.29. The van der Waals surface area contributed by atoms with Crippen molar-refractivity contribution in [3.63, 3.8) is 0 Å². The lowest BCUT2D eigenvalue weighted by atomic mass is 10.0. The molecule has 1 fully saturated rings. The van der Waals surface area contributed by atoms with Crippen molar-refractivity contribution in [1.82, 2.24) is 20.0 Å². The van der Waals surface area contributed by atoms with Crippen LogP contribution < -0.4 is 0 Å². The summed E-state index contributed by atoms with van der Waals surface area (Å²) in [5.74, 6) is 1.77. The van der Waals surface area contributed by atoms with Gasteiger partial charge in [-0.15, -0.1) is 0 Å². The highest BCUT2D eigenvalue weighted by Gasteiger charge is 2.33. The predicted molar refractivity (Wildman–Crippen MR) is 85.4 cm³/mol. The molecule has 3 rings (SSSR count). The monoisotopic (exact) mass is 314 g/mol. The van der Waals surface area contributed by atoms with E-state index in [2.05, 4.69) is 15.1 Å². The molecule has 2 aromatic rings. The molecule has 0 aromatic carbocycles. The van der Waals surface area contributed by atoms with Crippen LogP contribution >= 0.6 is 0 Å². The van der Waals surface area contributed by atoms with Crippen molar-refractivity contribution < 1.29 is 9.32 Å². The summed E-state index contributed by atoms with van der Waals surface area (Å²) in [6.07, 6.45) is 2.67. The van der Waals surface area contributed by atoms with E-state index in [1.54, 1.807) is 13.1 Å². The van der Waals surface area contributed by atoms with Gasteiger partial charge in [-0.3, -0.25) is 4.79 Å². The smallest absolute Gasteiger partial charge is 0.259 e. The van der Waals surface area contributed by atoms with Crippen LogP contribution in [0.1, 0.15) is 65.4 Å². The summed E-state index contributed by atoms with van der Waals surface area (Å²) in [7, 11) is 0. The third-order valence-electron chi connectivity index (χ3n) is 4.30. The molecule has 122 valence electrons. The molecular weight excluding hydrogens is 292 g/mol. The van der Waals surface area contributed by atoms with Crippen molar-refractivity contribution >= 4 is 5.91 Å². The van der Waals surface area contributed by atoms with Crippen LogP contribution in [-0.4, -0.2) is 39.0 Å². The first kappa shape index (κ1) is 15.6. The Hall–Kier alpha value is -2.24.